The minimum Gasteiger partial charge on any atom is -0.323 e. The van der Waals surface area contributed by atoms with Crippen LogP contribution in [0.2, 0.25) is 0 Å². The maximum Gasteiger partial charge on any atom is 0.248 e. The SMILES string of the molecule is CC1C=NN(c2ccccc2NC(=O)CS(=O)c2ccncc2)C(=O)C1. The number of para-hydroxylation sites is 2. The van der Waals surface area contributed by atoms with E-state index in [0.717, 1.165) is 0 Å². The van der Waals surface area contributed by atoms with Crippen LogP contribution in [0.5, 0.6) is 0 Å². The lowest BCUT2D eigenvalue weighted by Gasteiger charge is -2.24. The molecule has 0 bridgehead atoms. The fraction of sp³-hybridized carbons (Fsp3) is 0.222. The minimum atomic E-state index is -1.47. The smallest absolute Gasteiger partial charge is 0.248 e. The number of nitrogens with one attached hydrogen (secondary N) is 1. The van der Waals surface area contributed by atoms with E-state index in [9.17, 15) is 13.8 Å². The van der Waals surface area contributed by atoms with Crippen LogP contribution in [0, 0.1) is 5.92 Å². The Morgan fingerprint density at radius 3 is 2.73 bits per heavy atom. The van der Waals surface area contributed by atoms with Crippen molar-refractivity contribution in [3.05, 3.63) is 48.8 Å². The van der Waals surface area contributed by atoms with Crippen LogP contribution < -0.4 is 10.3 Å². The fourth-order valence-corrected chi connectivity index (χ4v) is 3.40. The Kier molecular flexibility index (Phi) is 5.52. The number of hydrogen-bond acceptors (Lipinski definition) is 5. The second-order valence-electron chi connectivity index (χ2n) is 5.89. The van der Waals surface area contributed by atoms with Crippen LogP contribution in [-0.2, 0) is 20.4 Å². The molecule has 2 unspecified atom stereocenters. The zero-order valence-electron chi connectivity index (χ0n) is 14.2. The molecule has 26 heavy (non-hydrogen) atoms. The second kappa shape index (κ2) is 8.01. The summed E-state index contributed by atoms with van der Waals surface area (Å²) in [7, 11) is -1.47. The van der Waals surface area contributed by atoms with E-state index in [1.54, 1.807) is 42.6 Å². The molecule has 1 aliphatic rings. The van der Waals surface area contributed by atoms with Crippen LogP contribution in [0.15, 0.2) is 58.8 Å². The average molecular weight is 370 g/mol. The number of anilines is 2. The summed E-state index contributed by atoms with van der Waals surface area (Å²) >= 11 is 0. The number of nitrogens with zero attached hydrogens (tertiary/aromatic N) is 3. The van der Waals surface area contributed by atoms with E-state index in [1.165, 1.54) is 17.4 Å². The van der Waals surface area contributed by atoms with Gasteiger partial charge in [-0.1, -0.05) is 19.1 Å². The molecule has 2 atom stereocenters. The minimum absolute atomic E-state index is 0.0864. The molecule has 2 aromatic rings. The van der Waals surface area contributed by atoms with Gasteiger partial charge in [0.25, 0.3) is 0 Å². The van der Waals surface area contributed by atoms with Crippen molar-refractivity contribution in [2.75, 3.05) is 16.1 Å². The van der Waals surface area contributed by atoms with Crippen molar-refractivity contribution in [2.24, 2.45) is 11.0 Å². The Morgan fingerprint density at radius 2 is 2.00 bits per heavy atom. The topological polar surface area (TPSA) is 91.7 Å². The van der Waals surface area contributed by atoms with Crippen molar-refractivity contribution >= 4 is 40.2 Å². The largest absolute Gasteiger partial charge is 0.323 e. The number of hydrazone groups is 1. The van der Waals surface area contributed by atoms with Crippen LogP contribution in [-0.4, -0.2) is 33.0 Å². The third-order valence-electron chi connectivity index (χ3n) is 3.75. The van der Waals surface area contributed by atoms with Gasteiger partial charge in [0.1, 0.15) is 5.75 Å². The molecule has 0 aliphatic carbocycles. The van der Waals surface area contributed by atoms with E-state index in [2.05, 4.69) is 15.4 Å². The molecular weight excluding hydrogens is 352 g/mol. The zero-order valence-corrected chi connectivity index (χ0v) is 15.0. The van der Waals surface area contributed by atoms with Gasteiger partial charge in [0.15, 0.2) is 0 Å². The quantitative estimate of drug-likeness (QED) is 0.873. The van der Waals surface area contributed by atoms with Crippen molar-refractivity contribution in [3.8, 4) is 0 Å². The number of amides is 2. The highest BCUT2D eigenvalue weighted by atomic mass is 32.2. The van der Waals surface area contributed by atoms with Crippen molar-refractivity contribution in [3.63, 3.8) is 0 Å². The standard InChI is InChI=1S/C18H18N4O3S/c1-13-10-18(24)22(20-11-13)16-5-3-2-4-15(16)21-17(23)12-26(25)14-6-8-19-9-7-14/h2-9,11,13H,10,12H2,1H3,(H,21,23). The van der Waals surface area contributed by atoms with Crippen molar-refractivity contribution in [1.82, 2.24) is 4.98 Å². The van der Waals surface area contributed by atoms with Gasteiger partial charge in [-0.3, -0.25) is 18.8 Å². The summed E-state index contributed by atoms with van der Waals surface area (Å²) in [6.07, 6.45) is 5.12. The first-order valence-electron chi connectivity index (χ1n) is 8.09. The molecule has 2 heterocycles. The Hall–Kier alpha value is -2.87. The van der Waals surface area contributed by atoms with Gasteiger partial charge in [-0.25, -0.2) is 0 Å². The van der Waals surface area contributed by atoms with Crippen LogP contribution in [0.4, 0.5) is 11.4 Å². The maximum atomic E-state index is 12.3. The summed E-state index contributed by atoms with van der Waals surface area (Å²) in [5, 5.41) is 8.19. The molecule has 7 nitrogen and oxygen atoms in total. The van der Waals surface area contributed by atoms with Crippen molar-refractivity contribution in [2.45, 2.75) is 18.2 Å². The number of benzene rings is 1. The third-order valence-corrected chi connectivity index (χ3v) is 5.07. The van der Waals surface area contributed by atoms with Crippen molar-refractivity contribution < 1.29 is 13.8 Å². The number of rotatable bonds is 5. The molecule has 1 aliphatic heterocycles. The van der Waals surface area contributed by atoms with Crippen LogP contribution >= 0.6 is 0 Å². The Morgan fingerprint density at radius 1 is 1.27 bits per heavy atom. The lowest BCUT2D eigenvalue weighted by Crippen LogP contribution is -2.32. The molecule has 1 N–H and O–H groups in total. The van der Waals surface area contributed by atoms with Gasteiger partial charge in [-0.2, -0.15) is 10.1 Å². The predicted octanol–water partition coefficient (Wildman–Crippen LogP) is 2.19. The number of carbonyl (C=O) groups excluding carboxylic acids is 2. The number of carbonyl (C=O) groups is 2. The summed E-state index contributed by atoms with van der Waals surface area (Å²) in [4.78, 5) is 29.0. The zero-order chi connectivity index (χ0) is 18.5. The summed E-state index contributed by atoms with van der Waals surface area (Å²) in [5.74, 6) is -0.646. The van der Waals surface area contributed by atoms with E-state index in [4.69, 9.17) is 0 Å². The highest BCUT2D eigenvalue weighted by Gasteiger charge is 2.24. The van der Waals surface area contributed by atoms with Gasteiger partial charge >= 0.3 is 0 Å². The molecule has 0 saturated heterocycles. The van der Waals surface area contributed by atoms with Crippen molar-refractivity contribution in [1.29, 1.82) is 0 Å². The molecule has 0 radical (unpaired) electrons. The van der Waals surface area contributed by atoms with E-state index in [-0.39, 0.29) is 17.6 Å². The third kappa shape index (κ3) is 4.20. The Bertz CT molecular complexity index is 870. The summed E-state index contributed by atoms with van der Waals surface area (Å²) in [6.45, 7) is 1.92. The predicted molar refractivity (Wildman–Crippen MR) is 100 cm³/mol. The molecule has 0 fully saturated rings. The number of hydrogen-bond donors (Lipinski definition) is 1. The summed E-state index contributed by atoms with van der Waals surface area (Å²) in [6, 6.07) is 10.1. The Balaban J connectivity index is 1.74. The van der Waals surface area contributed by atoms with Crippen LogP contribution in [0.1, 0.15) is 13.3 Å². The first-order chi connectivity index (χ1) is 12.5. The van der Waals surface area contributed by atoms with Gasteiger partial charge < -0.3 is 5.32 Å². The van der Waals surface area contributed by atoms with Crippen LogP contribution in [0.25, 0.3) is 0 Å². The lowest BCUT2D eigenvalue weighted by molar-refractivity contribution is -0.119. The van der Waals surface area contributed by atoms with Crippen LogP contribution in [0.3, 0.4) is 0 Å². The van der Waals surface area contributed by atoms with E-state index in [0.29, 0.717) is 22.7 Å². The molecule has 134 valence electrons. The highest BCUT2D eigenvalue weighted by molar-refractivity contribution is 7.85. The number of pyridine rings is 1. The normalized spacial score (nSPS) is 17.8. The van der Waals surface area contributed by atoms with Gasteiger partial charge in [0, 0.05) is 35.8 Å². The summed E-state index contributed by atoms with van der Waals surface area (Å²) < 4.78 is 12.3. The molecule has 0 spiro atoms. The number of aromatic nitrogens is 1. The average Bonchev–Trinajstić information content (AvgIpc) is 2.63. The first kappa shape index (κ1) is 17.9. The fourth-order valence-electron chi connectivity index (χ4n) is 2.50. The Labute approximate surface area is 153 Å². The summed E-state index contributed by atoms with van der Waals surface area (Å²) in [5.41, 5.74) is 0.938. The molecular formula is C18H18N4O3S. The van der Waals surface area contributed by atoms with Gasteiger partial charge in [0.05, 0.1) is 22.2 Å². The van der Waals surface area contributed by atoms with E-state index in [1.807, 2.05) is 6.92 Å². The first-order valence-corrected chi connectivity index (χ1v) is 9.41. The van der Waals surface area contributed by atoms with E-state index < -0.39 is 16.7 Å². The molecule has 2 amide bonds. The van der Waals surface area contributed by atoms with E-state index >= 15 is 0 Å². The second-order valence-corrected chi connectivity index (χ2v) is 7.34. The maximum absolute atomic E-state index is 12.3. The molecule has 0 saturated carbocycles. The lowest BCUT2D eigenvalue weighted by atomic mass is 10.1. The molecule has 8 heteroatoms. The molecule has 1 aromatic heterocycles. The highest BCUT2D eigenvalue weighted by Crippen LogP contribution is 2.28. The van der Waals surface area contributed by atoms with Gasteiger partial charge in [-0.05, 0) is 24.3 Å². The van der Waals surface area contributed by atoms with Gasteiger partial charge in [0.2, 0.25) is 11.8 Å². The molecule has 3 rings (SSSR count). The monoisotopic (exact) mass is 370 g/mol. The van der Waals surface area contributed by atoms with Gasteiger partial charge in [-0.15, -0.1) is 0 Å². The molecule has 1 aromatic carbocycles.